The summed E-state index contributed by atoms with van der Waals surface area (Å²) in [5.41, 5.74) is 7.46. The number of aryl methyl sites for hydroxylation is 1. The normalized spacial score (nSPS) is 14.3. The third kappa shape index (κ3) is 4.55. The van der Waals surface area contributed by atoms with Crippen molar-refractivity contribution in [2.45, 2.75) is 33.2 Å². The van der Waals surface area contributed by atoms with E-state index in [9.17, 15) is 4.79 Å². The average molecular weight is 555 g/mol. The number of hydrogen-bond donors (Lipinski definition) is 0. The number of carbonyl (C=O) groups excluding carboxylic acids is 1. The van der Waals surface area contributed by atoms with E-state index in [1.54, 1.807) is 11.1 Å². The van der Waals surface area contributed by atoms with Crippen LogP contribution < -0.4 is 15.1 Å². The second kappa shape index (κ2) is 10.0. The maximum atomic E-state index is 14.0. The lowest BCUT2D eigenvalue weighted by molar-refractivity contribution is 0.0994. The van der Waals surface area contributed by atoms with Gasteiger partial charge in [0.05, 0.1) is 30.2 Å². The fourth-order valence-corrected chi connectivity index (χ4v) is 6.10. The summed E-state index contributed by atoms with van der Waals surface area (Å²) < 4.78 is 9.79. The first kappa shape index (κ1) is 26.5. The molecule has 40 heavy (non-hydrogen) atoms. The molecule has 1 atom stereocenters. The molecular formula is C31H35N6O2P. The van der Waals surface area contributed by atoms with Gasteiger partial charge in [0.1, 0.15) is 5.65 Å². The Hall–Kier alpha value is -3.74. The van der Waals surface area contributed by atoms with Gasteiger partial charge in [-0.3, -0.25) is 4.79 Å². The molecule has 5 aromatic rings. The molecule has 1 amide bonds. The van der Waals surface area contributed by atoms with Crippen molar-refractivity contribution in [3.63, 3.8) is 0 Å². The summed E-state index contributed by atoms with van der Waals surface area (Å²) in [5.74, 6) is -0.0726. The van der Waals surface area contributed by atoms with E-state index in [2.05, 4.69) is 85.2 Å². The van der Waals surface area contributed by atoms with E-state index >= 15 is 0 Å². The number of benzene rings is 1. The van der Waals surface area contributed by atoms with Crippen LogP contribution in [0, 0.1) is 6.92 Å². The van der Waals surface area contributed by atoms with Gasteiger partial charge in [0.2, 0.25) is 0 Å². The molecule has 0 saturated carbocycles. The van der Waals surface area contributed by atoms with Crippen LogP contribution in [0.4, 0.5) is 11.4 Å². The fraction of sp³-hybridized carbons (Fsp3) is 0.323. The first-order chi connectivity index (χ1) is 19.1. The summed E-state index contributed by atoms with van der Waals surface area (Å²) in [5, 5.41) is 1.82. The zero-order valence-electron chi connectivity index (χ0n) is 23.7. The molecule has 206 valence electrons. The van der Waals surface area contributed by atoms with Crippen LogP contribution in [0.3, 0.4) is 0 Å². The van der Waals surface area contributed by atoms with Crippen LogP contribution in [-0.2, 0) is 10.3 Å². The smallest absolute Gasteiger partial charge is 0.258 e. The van der Waals surface area contributed by atoms with Crippen LogP contribution in [0.2, 0.25) is 0 Å². The van der Waals surface area contributed by atoms with Crippen LogP contribution in [0.1, 0.15) is 36.7 Å². The highest BCUT2D eigenvalue weighted by molar-refractivity contribution is 7.28. The molecule has 1 aliphatic heterocycles. The second-order valence-electron chi connectivity index (χ2n) is 11.4. The first-order valence-corrected chi connectivity index (χ1v) is 14.2. The molecule has 1 fully saturated rings. The minimum Gasteiger partial charge on any atom is -0.378 e. The highest BCUT2D eigenvalue weighted by Gasteiger charge is 2.24. The Labute approximate surface area is 236 Å². The molecule has 0 spiro atoms. The summed E-state index contributed by atoms with van der Waals surface area (Å²) in [6, 6.07) is 10.3. The molecule has 0 N–H and O–H groups in total. The van der Waals surface area contributed by atoms with Gasteiger partial charge in [0, 0.05) is 67.6 Å². The minimum atomic E-state index is -0.141. The molecule has 1 saturated heterocycles. The molecular weight excluding hydrogens is 519 g/mol. The van der Waals surface area contributed by atoms with E-state index in [0.29, 0.717) is 18.8 Å². The van der Waals surface area contributed by atoms with Crippen molar-refractivity contribution >= 4 is 48.5 Å². The number of morpholine rings is 1. The number of hydrogen-bond acceptors (Lipinski definition) is 5. The second-order valence-corrected chi connectivity index (χ2v) is 12.0. The minimum absolute atomic E-state index is 0.0726. The van der Waals surface area contributed by atoms with Gasteiger partial charge in [-0.2, -0.15) is 0 Å². The highest BCUT2D eigenvalue weighted by Crippen LogP contribution is 2.34. The standard InChI is InChI=1S/C31H35N6O2P/c1-20-16-27(40)25(34(5)30(38)23-6-8-32-28-22(23)7-10-37(28)31(2,3)4)18-24(20)21-17-26(35-12-14-39-15-13-35)29-33-9-11-36(29)19-21/h6-11,16-19H,12-15,40H2,1-5H3. The van der Waals surface area contributed by atoms with Gasteiger partial charge in [0.15, 0.2) is 5.65 Å². The highest BCUT2D eigenvalue weighted by atomic mass is 31.0. The van der Waals surface area contributed by atoms with E-state index in [1.807, 2.05) is 37.8 Å². The van der Waals surface area contributed by atoms with Crippen LogP contribution in [0.15, 0.2) is 61.3 Å². The van der Waals surface area contributed by atoms with E-state index in [4.69, 9.17) is 4.74 Å². The van der Waals surface area contributed by atoms with Crippen molar-refractivity contribution < 1.29 is 9.53 Å². The van der Waals surface area contributed by atoms with E-state index in [-0.39, 0.29) is 11.4 Å². The van der Waals surface area contributed by atoms with Gasteiger partial charge >= 0.3 is 0 Å². The Morgan fingerprint density at radius 1 is 1.02 bits per heavy atom. The zero-order chi connectivity index (χ0) is 28.2. The molecule has 0 radical (unpaired) electrons. The van der Waals surface area contributed by atoms with Crippen molar-refractivity contribution in [2.75, 3.05) is 43.2 Å². The molecule has 0 aliphatic carbocycles. The maximum Gasteiger partial charge on any atom is 0.258 e. The molecule has 0 bridgehead atoms. The Bertz CT molecular complexity index is 1740. The predicted octanol–water partition coefficient (Wildman–Crippen LogP) is 5.03. The molecule has 1 aromatic carbocycles. The van der Waals surface area contributed by atoms with Gasteiger partial charge < -0.3 is 23.5 Å². The Morgan fingerprint density at radius 3 is 2.52 bits per heavy atom. The number of carbonyl (C=O) groups is 1. The third-order valence-corrected chi connectivity index (χ3v) is 8.17. The topological polar surface area (TPSA) is 67.9 Å². The number of rotatable bonds is 4. The number of aromatic nitrogens is 4. The number of imidazole rings is 1. The number of ether oxygens (including phenoxy) is 1. The molecule has 1 unspecified atom stereocenters. The maximum absolute atomic E-state index is 14.0. The number of fused-ring (bicyclic) bond motifs is 2. The summed E-state index contributed by atoms with van der Waals surface area (Å²) in [6.45, 7) is 11.6. The summed E-state index contributed by atoms with van der Waals surface area (Å²) in [6.07, 6.45) is 9.67. The molecule has 8 nitrogen and oxygen atoms in total. The van der Waals surface area contributed by atoms with Gasteiger partial charge in [-0.1, -0.05) is 0 Å². The molecule has 1 aliphatic rings. The van der Waals surface area contributed by atoms with Gasteiger partial charge in [-0.25, -0.2) is 9.97 Å². The van der Waals surface area contributed by atoms with Crippen molar-refractivity contribution in [1.29, 1.82) is 0 Å². The predicted molar refractivity (Wildman–Crippen MR) is 165 cm³/mol. The monoisotopic (exact) mass is 554 g/mol. The summed E-state index contributed by atoms with van der Waals surface area (Å²) >= 11 is 0. The summed E-state index contributed by atoms with van der Waals surface area (Å²) in [4.78, 5) is 27.3. The molecule has 6 rings (SSSR count). The Kier molecular flexibility index (Phi) is 6.64. The number of nitrogens with zero attached hydrogens (tertiary/aromatic N) is 6. The first-order valence-electron chi connectivity index (χ1n) is 13.6. The Balaban J connectivity index is 1.42. The van der Waals surface area contributed by atoms with Gasteiger partial charge in [0.25, 0.3) is 5.91 Å². The third-order valence-electron chi connectivity index (χ3n) is 7.71. The van der Waals surface area contributed by atoms with Crippen LogP contribution in [0.25, 0.3) is 27.8 Å². The quantitative estimate of drug-likeness (QED) is 0.292. The summed E-state index contributed by atoms with van der Waals surface area (Å²) in [7, 11) is 4.65. The lowest BCUT2D eigenvalue weighted by Gasteiger charge is -2.29. The molecule has 9 heteroatoms. The van der Waals surface area contributed by atoms with Gasteiger partial charge in [-0.05, 0) is 74.5 Å². The van der Waals surface area contributed by atoms with Crippen molar-refractivity contribution in [3.8, 4) is 11.1 Å². The van der Waals surface area contributed by atoms with Crippen molar-refractivity contribution in [2.24, 2.45) is 0 Å². The van der Waals surface area contributed by atoms with Crippen molar-refractivity contribution in [3.05, 3.63) is 72.4 Å². The van der Waals surface area contributed by atoms with Crippen LogP contribution >= 0.6 is 9.24 Å². The SMILES string of the molecule is Cc1cc(P)c(N(C)C(=O)c2ccnc3c2ccn3C(C)(C)C)cc1-c1cc(N2CCOCC2)c2nccn2c1. The largest absolute Gasteiger partial charge is 0.378 e. The van der Waals surface area contributed by atoms with Crippen molar-refractivity contribution in [1.82, 2.24) is 18.9 Å². The van der Waals surface area contributed by atoms with E-state index in [0.717, 1.165) is 63.1 Å². The number of pyridine rings is 2. The Morgan fingerprint density at radius 2 is 1.77 bits per heavy atom. The van der Waals surface area contributed by atoms with Crippen LogP contribution in [-0.4, -0.2) is 58.2 Å². The number of amides is 1. The average Bonchev–Trinajstić information content (AvgIpc) is 3.59. The molecule has 4 aromatic heterocycles. The lowest BCUT2D eigenvalue weighted by atomic mass is 10.00. The van der Waals surface area contributed by atoms with E-state index in [1.165, 1.54) is 0 Å². The lowest BCUT2D eigenvalue weighted by Crippen LogP contribution is -2.36. The van der Waals surface area contributed by atoms with Gasteiger partial charge in [-0.15, -0.1) is 9.24 Å². The van der Waals surface area contributed by atoms with E-state index < -0.39 is 0 Å². The molecule has 5 heterocycles. The zero-order valence-corrected chi connectivity index (χ0v) is 24.8. The fourth-order valence-electron chi connectivity index (χ4n) is 5.58. The number of anilines is 2. The van der Waals surface area contributed by atoms with Crippen LogP contribution in [0.5, 0.6) is 0 Å².